The number of nitrogens with zero attached hydrogens (tertiary/aromatic N) is 4. The third-order valence-corrected chi connectivity index (χ3v) is 5.64. The lowest BCUT2D eigenvalue weighted by atomic mass is 9.94. The van der Waals surface area contributed by atoms with E-state index in [1.54, 1.807) is 6.92 Å². The molecular formula is C16H12ClN5O4. The van der Waals surface area contributed by atoms with Gasteiger partial charge in [-0.05, 0) is 12.5 Å². The first-order chi connectivity index (χ1) is 12.3. The average molecular weight is 374 g/mol. The summed E-state index contributed by atoms with van der Waals surface area (Å²) in [6, 6.07) is 8.13. The molecule has 1 saturated carbocycles. The van der Waals surface area contributed by atoms with Gasteiger partial charge >= 0.3 is 0 Å². The summed E-state index contributed by atoms with van der Waals surface area (Å²) in [5.41, 5.74) is 3.27. The van der Waals surface area contributed by atoms with E-state index in [0.717, 1.165) is 0 Å². The predicted octanol–water partition coefficient (Wildman–Crippen LogP) is 1.83. The Morgan fingerprint density at radius 1 is 1.46 bits per heavy atom. The molecule has 2 fully saturated rings. The van der Waals surface area contributed by atoms with Crippen molar-refractivity contribution in [3.05, 3.63) is 38.9 Å². The van der Waals surface area contributed by atoms with Crippen LogP contribution in [-0.2, 0) is 9.47 Å². The van der Waals surface area contributed by atoms with E-state index in [1.807, 2.05) is 0 Å². The minimum Gasteiger partial charge on any atom is -0.386 e. The normalized spacial score (nSPS) is 39.8. The molecule has 0 aromatic heterocycles. The summed E-state index contributed by atoms with van der Waals surface area (Å²) in [5, 5.41) is 30.9. The third kappa shape index (κ3) is 1.59. The predicted molar refractivity (Wildman–Crippen MR) is 87.8 cm³/mol. The van der Waals surface area contributed by atoms with Gasteiger partial charge in [-0.15, -0.1) is 0 Å². The lowest BCUT2D eigenvalue weighted by molar-refractivity contribution is -0.384. The number of rotatable bonds is 2. The smallest absolute Gasteiger partial charge is 0.293 e. The molecule has 4 rings (SSSR count). The molecule has 0 unspecified atom stereocenters. The molecule has 26 heavy (non-hydrogen) atoms. The second kappa shape index (κ2) is 4.92. The van der Waals surface area contributed by atoms with Crippen LogP contribution in [0.2, 0.25) is 5.02 Å². The number of nitriles is 2. The summed E-state index contributed by atoms with van der Waals surface area (Å²) in [5.74, 6) is -2.52. The second-order valence-corrected chi connectivity index (χ2v) is 6.96. The number of fused-ring (bicyclic) bond motifs is 2. The number of hydrogen-bond acceptors (Lipinski definition) is 8. The number of nitro benzene ring substituents is 1. The molecule has 2 aliphatic heterocycles. The SMILES string of the molecule is C[C@@H]1CO[C@]2(N=C(N)[C@@]3(C#N)[C@@H](c4ccc([N+](=O)[O-])cc4Cl)[C@@]23C#N)O1. The fourth-order valence-electron chi connectivity index (χ4n) is 4.19. The lowest BCUT2D eigenvalue weighted by Gasteiger charge is -2.26. The number of ether oxygens (including phenoxy) is 2. The topological polar surface area (TPSA) is 148 Å². The highest BCUT2D eigenvalue weighted by Gasteiger charge is 2.94. The van der Waals surface area contributed by atoms with E-state index in [9.17, 15) is 20.6 Å². The van der Waals surface area contributed by atoms with Gasteiger partial charge in [0.15, 0.2) is 5.41 Å². The summed E-state index contributed by atoms with van der Waals surface area (Å²) in [4.78, 5) is 14.6. The molecule has 10 heteroatoms. The van der Waals surface area contributed by atoms with Crippen LogP contribution in [0.1, 0.15) is 18.4 Å². The zero-order chi connectivity index (χ0) is 18.9. The quantitative estimate of drug-likeness (QED) is 0.613. The zero-order valence-corrected chi connectivity index (χ0v) is 14.2. The van der Waals surface area contributed by atoms with E-state index in [4.69, 9.17) is 26.8 Å². The fraction of sp³-hybridized carbons (Fsp3) is 0.438. The Kier molecular flexibility index (Phi) is 3.17. The molecule has 0 bridgehead atoms. The van der Waals surface area contributed by atoms with Crippen molar-refractivity contribution in [2.75, 3.05) is 6.61 Å². The van der Waals surface area contributed by atoms with Crippen molar-refractivity contribution < 1.29 is 14.4 Å². The molecule has 9 nitrogen and oxygen atoms in total. The van der Waals surface area contributed by atoms with Crippen LogP contribution in [0.25, 0.3) is 0 Å². The molecular weight excluding hydrogens is 362 g/mol. The highest BCUT2D eigenvalue weighted by atomic mass is 35.5. The molecule has 0 radical (unpaired) electrons. The molecule has 5 atom stereocenters. The molecule has 1 aromatic carbocycles. The van der Waals surface area contributed by atoms with Crippen LogP contribution in [0.3, 0.4) is 0 Å². The molecule has 0 amide bonds. The molecule has 2 N–H and O–H groups in total. The maximum atomic E-state index is 10.9. The summed E-state index contributed by atoms with van der Waals surface area (Å²) >= 11 is 6.24. The average Bonchev–Trinajstić information content (AvgIpc) is 2.97. The minimum atomic E-state index is -1.68. The minimum absolute atomic E-state index is 0.0601. The van der Waals surface area contributed by atoms with Crippen LogP contribution in [0.4, 0.5) is 5.69 Å². The number of non-ortho nitro benzene ring substituents is 1. The van der Waals surface area contributed by atoms with Gasteiger partial charge in [0.05, 0.1) is 34.8 Å². The van der Waals surface area contributed by atoms with Crippen LogP contribution in [0, 0.1) is 43.6 Å². The standard InChI is InChI=1S/C16H12ClN5O4/c1-8-5-25-16(26-8)15(7-19)12(14(15,6-18)13(20)21-16)10-3-2-9(22(23)24)4-11(10)17/h2-4,8,12H,5H2,1H3,(H2,20,21)/t8-,12-,14-,15-,16+/m1/s1. The molecule has 1 saturated heterocycles. The number of nitro groups is 1. The Morgan fingerprint density at radius 3 is 2.69 bits per heavy atom. The van der Waals surface area contributed by atoms with Crippen molar-refractivity contribution in [1.82, 2.24) is 0 Å². The van der Waals surface area contributed by atoms with Crippen molar-refractivity contribution in [2.24, 2.45) is 21.6 Å². The van der Waals surface area contributed by atoms with Crippen molar-refractivity contribution >= 4 is 23.1 Å². The largest absolute Gasteiger partial charge is 0.386 e. The van der Waals surface area contributed by atoms with Crippen LogP contribution in [-0.4, -0.2) is 29.4 Å². The van der Waals surface area contributed by atoms with Gasteiger partial charge in [-0.2, -0.15) is 10.5 Å². The van der Waals surface area contributed by atoms with Gasteiger partial charge in [0.1, 0.15) is 11.3 Å². The third-order valence-electron chi connectivity index (χ3n) is 5.31. The first-order valence-corrected chi connectivity index (χ1v) is 8.11. The van der Waals surface area contributed by atoms with Gasteiger partial charge in [-0.1, -0.05) is 17.7 Å². The number of hydrogen-bond donors (Lipinski definition) is 1. The van der Waals surface area contributed by atoms with E-state index in [-0.39, 0.29) is 29.3 Å². The van der Waals surface area contributed by atoms with E-state index >= 15 is 0 Å². The van der Waals surface area contributed by atoms with Gasteiger partial charge in [-0.25, -0.2) is 4.99 Å². The Balaban J connectivity index is 1.90. The van der Waals surface area contributed by atoms with E-state index < -0.39 is 27.6 Å². The monoisotopic (exact) mass is 373 g/mol. The van der Waals surface area contributed by atoms with Crippen molar-refractivity contribution in [2.45, 2.75) is 24.9 Å². The molecule has 2 heterocycles. The Hall–Kier alpha value is -2.72. The number of amidine groups is 1. The summed E-state index contributed by atoms with van der Waals surface area (Å²) in [7, 11) is 0. The van der Waals surface area contributed by atoms with Gasteiger partial charge in [-0.3, -0.25) is 10.1 Å². The Morgan fingerprint density at radius 2 is 2.19 bits per heavy atom. The molecule has 1 aromatic rings. The first-order valence-electron chi connectivity index (χ1n) is 7.73. The lowest BCUT2D eigenvalue weighted by Crippen LogP contribution is -2.39. The number of halogens is 1. The summed E-state index contributed by atoms with van der Waals surface area (Å²) in [6.45, 7) is 1.95. The van der Waals surface area contributed by atoms with Gasteiger partial charge < -0.3 is 15.2 Å². The van der Waals surface area contributed by atoms with E-state index in [2.05, 4.69) is 17.1 Å². The van der Waals surface area contributed by atoms with E-state index in [0.29, 0.717) is 5.56 Å². The van der Waals surface area contributed by atoms with Crippen LogP contribution in [0.15, 0.2) is 23.2 Å². The number of benzene rings is 1. The van der Waals surface area contributed by atoms with E-state index in [1.165, 1.54) is 18.2 Å². The summed E-state index contributed by atoms with van der Waals surface area (Å²) < 4.78 is 11.5. The Bertz CT molecular complexity index is 968. The van der Waals surface area contributed by atoms with Crippen molar-refractivity contribution in [3.63, 3.8) is 0 Å². The maximum Gasteiger partial charge on any atom is 0.293 e. The summed E-state index contributed by atoms with van der Waals surface area (Å²) in [6.07, 6.45) is -0.333. The second-order valence-electron chi connectivity index (χ2n) is 6.55. The fourth-order valence-corrected chi connectivity index (χ4v) is 4.48. The number of aliphatic imine (C=N–C) groups is 1. The van der Waals surface area contributed by atoms with Crippen LogP contribution >= 0.6 is 11.6 Å². The van der Waals surface area contributed by atoms with Gasteiger partial charge in [0, 0.05) is 18.1 Å². The van der Waals surface area contributed by atoms with Crippen LogP contribution in [0.5, 0.6) is 0 Å². The maximum absolute atomic E-state index is 10.9. The number of nitrogens with two attached hydrogens (primary N) is 1. The molecule has 3 aliphatic rings. The molecule has 1 spiro atoms. The first kappa shape index (κ1) is 16.7. The zero-order valence-electron chi connectivity index (χ0n) is 13.5. The van der Waals surface area contributed by atoms with Gasteiger partial charge in [0.2, 0.25) is 0 Å². The Labute approximate surface area is 152 Å². The van der Waals surface area contributed by atoms with Crippen molar-refractivity contribution in [1.29, 1.82) is 10.5 Å². The molecule has 132 valence electrons. The van der Waals surface area contributed by atoms with Crippen molar-refractivity contribution in [3.8, 4) is 12.1 Å². The highest BCUT2D eigenvalue weighted by Crippen LogP contribution is 2.83. The highest BCUT2D eigenvalue weighted by molar-refractivity contribution is 6.31. The van der Waals surface area contributed by atoms with Crippen LogP contribution < -0.4 is 5.73 Å². The van der Waals surface area contributed by atoms with Gasteiger partial charge in [0.25, 0.3) is 11.6 Å². The molecule has 1 aliphatic carbocycles.